The molecule has 1 heterocycles. The van der Waals surface area contributed by atoms with E-state index in [-0.39, 0.29) is 11.8 Å². The molecular weight excluding hydrogens is 288 g/mol. The van der Waals surface area contributed by atoms with E-state index in [1.54, 1.807) is 11.0 Å². The second kappa shape index (κ2) is 6.48. The minimum atomic E-state index is -0.0974. The summed E-state index contributed by atoms with van der Waals surface area (Å²) in [5.41, 5.74) is 3.63. The van der Waals surface area contributed by atoms with Gasteiger partial charge in [-0.15, -0.1) is 0 Å². The Morgan fingerprint density at radius 2 is 1.83 bits per heavy atom. The van der Waals surface area contributed by atoms with Gasteiger partial charge in [0.05, 0.1) is 0 Å². The van der Waals surface area contributed by atoms with Gasteiger partial charge in [-0.2, -0.15) is 0 Å². The summed E-state index contributed by atoms with van der Waals surface area (Å²) >= 11 is 0. The molecule has 2 aromatic carbocycles. The Hall–Kier alpha value is -2.88. The Kier molecular flexibility index (Phi) is 4.24. The number of nitrogens with zero attached hydrogens (tertiary/aromatic N) is 1. The fourth-order valence-corrected chi connectivity index (χ4v) is 2.70. The van der Waals surface area contributed by atoms with E-state index in [1.807, 2.05) is 54.6 Å². The maximum Gasteiger partial charge on any atom is 0.250 e. The fraction of sp³-hybridized carbons (Fsp3) is 0.158. The third-order valence-corrected chi connectivity index (χ3v) is 3.77. The highest BCUT2D eigenvalue weighted by atomic mass is 16.2. The second-order valence-electron chi connectivity index (χ2n) is 5.45. The number of hydrogen-bond donors (Lipinski definition) is 1. The number of carbonyl (C=O) groups excluding carboxylic acids is 2. The van der Waals surface area contributed by atoms with E-state index in [0.29, 0.717) is 6.54 Å². The van der Waals surface area contributed by atoms with Gasteiger partial charge < -0.3 is 10.2 Å². The first kappa shape index (κ1) is 15.0. The summed E-state index contributed by atoms with van der Waals surface area (Å²) in [6.45, 7) is 2.20. The first-order valence-electron chi connectivity index (χ1n) is 7.60. The van der Waals surface area contributed by atoms with E-state index in [9.17, 15) is 9.59 Å². The van der Waals surface area contributed by atoms with Crippen molar-refractivity contribution in [2.24, 2.45) is 0 Å². The molecule has 1 aliphatic rings. The molecule has 0 spiro atoms. The lowest BCUT2D eigenvalue weighted by atomic mass is 10.0. The number of rotatable bonds is 3. The lowest BCUT2D eigenvalue weighted by molar-refractivity contribution is -0.115. The van der Waals surface area contributed by atoms with Crippen LogP contribution in [0.5, 0.6) is 0 Å². The zero-order valence-corrected chi connectivity index (χ0v) is 13.0. The topological polar surface area (TPSA) is 49.4 Å². The van der Waals surface area contributed by atoms with Crippen LogP contribution in [0.4, 0.5) is 11.4 Å². The van der Waals surface area contributed by atoms with Gasteiger partial charge in [-0.1, -0.05) is 36.4 Å². The Balaban J connectivity index is 1.90. The second-order valence-corrected chi connectivity index (χ2v) is 5.45. The monoisotopic (exact) mass is 306 g/mol. The van der Waals surface area contributed by atoms with E-state index in [0.717, 1.165) is 28.9 Å². The van der Waals surface area contributed by atoms with Gasteiger partial charge in [0.1, 0.15) is 0 Å². The van der Waals surface area contributed by atoms with Gasteiger partial charge in [0.2, 0.25) is 5.91 Å². The smallest absolute Gasteiger partial charge is 0.250 e. The first-order valence-corrected chi connectivity index (χ1v) is 7.60. The van der Waals surface area contributed by atoms with Crippen LogP contribution < -0.4 is 10.2 Å². The van der Waals surface area contributed by atoms with Crippen molar-refractivity contribution in [3.05, 3.63) is 60.7 Å². The van der Waals surface area contributed by atoms with Crippen LogP contribution in [0.1, 0.15) is 13.3 Å². The van der Waals surface area contributed by atoms with Crippen LogP contribution in [0.25, 0.3) is 11.1 Å². The summed E-state index contributed by atoms with van der Waals surface area (Å²) in [6.07, 6.45) is 4.39. The van der Waals surface area contributed by atoms with Gasteiger partial charge in [-0.05, 0) is 36.3 Å². The number of nitrogens with one attached hydrogen (secondary N) is 1. The summed E-state index contributed by atoms with van der Waals surface area (Å²) in [5.74, 6) is -0.0811. The van der Waals surface area contributed by atoms with E-state index in [4.69, 9.17) is 0 Å². The molecule has 2 aromatic rings. The van der Waals surface area contributed by atoms with Crippen LogP contribution in [0.3, 0.4) is 0 Å². The molecule has 0 unspecified atom stereocenters. The summed E-state index contributed by atoms with van der Waals surface area (Å²) in [5, 5.41) is 2.84. The zero-order chi connectivity index (χ0) is 16.2. The maximum atomic E-state index is 11.9. The zero-order valence-electron chi connectivity index (χ0n) is 13.0. The molecule has 1 aliphatic heterocycles. The highest BCUT2D eigenvalue weighted by Gasteiger charge is 2.15. The molecule has 0 atom stereocenters. The lowest BCUT2D eigenvalue weighted by Crippen LogP contribution is -2.32. The van der Waals surface area contributed by atoms with Gasteiger partial charge in [0.25, 0.3) is 5.91 Å². The third-order valence-electron chi connectivity index (χ3n) is 3.77. The number of amides is 2. The quantitative estimate of drug-likeness (QED) is 0.942. The molecule has 0 fully saturated rings. The molecule has 0 bridgehead atoms. The van der Waals surface area contributed by atoms with E-state index in [1.165, 1.54) is 6.92 Å². The Labute approximate surface area is 135 Å². The van der Waals surface area contributed by atoms with E-state index >= 15 is 0 Å². The molecule has 3 rings (SSSR count). The van der Waals surface area contributed by atoms with Crippen molar-refractivity contribution in [1.29, 1.82) is 0 Å². The number of carbonyl (C=O) groups is 2. The summed E-state index contributed by atoms with van der Waals surface area (Å²) in [7, 11) is 0. The van der Waals surface area contributed by atoms with Crippen molar-refractivity contribution in [3.8, 4) is 11.1 Å². The van der Waals surface area contributed by atoms with E-state index in [2.05, 4.69) is 5.32 Å². The normalized spacial score (nSPS) is 14.0. The van der Waals surface area contributed by atoms with E-state index < -0.39 is 0 Å². The molecule has 4 heteroatoms. The van der Waals surface area contributed by atoms with Crippen molar-refractivity contribution in [2.45, 2.75) is 13.3 Å². The summed E-state index contributed by atoms with van der Waals surface area (Å²) in [4.78, 5) is 25.0. The van der Waals surface area contributed by atoms with Crippen molar-refractivity contribution >= 4 is 23.2 Å². The first-order chi connectivity index (χ1) is 11.1. The maximum absolute atomic E-state index is 11.9. The average Bonchev–Trinajstić information content (AvgIpc) is 2.56. The van der Waals surface area contributed by atoms with Gasteiger partial charge in [0, 0.05) is 30.4 Å². The average molecular weight is 306 g/mol. The molecule has 0 saturated heterocycles. The number of benzene rings is 2. The fourth-order valence-electron chi connectivity index (χ4n) is 2.70. The van der Waals surface area contributed by atoms with Crippen molar-refractivity contribution in [2.75, 3.05) is 16.8 Å². The SMILES string of the molecule is CC(=O)Nc1ccccc1-c1ccc(N2CCC=CC2=O)cc1. The molecule has 0 aliphatic carbocycles. The van der Waals surface area contributed by atoms with Crippen LogP contribution in [0.15, 0.2) is 60.7 Å². The number of hydrogen-bond acceptors (Lipinski definition) is 2. The highest BCUT2D eigenvalue weighted by molar-refractivity contribution is 6.02. The molecule has 116 valence electrons. The minimum absolute atomic E-state index is 0.0163. The largest absolute Gasteiger partial charge is 0.326 e. The van der Waals surface area contributed by atoms with Gasteiger partial charge in [0.15, 0.2) is 0 Å². The van der Waals surface area contributed by atoms with Gasteiger partial charge in [-0.3, -0.25) is 9.59 Å². The molecule has 1 N–H and O–H groups in total. The predicted octanol–water partition coefficient (Wildman–Crippen LogP) is 3.60. The highest BCUT2D eigenvalue weighted by Crippen LogP contribution is 2.30. The lowest BCUT2D eigenvalue weighted by Gasteiger charge is -2.23. The Bertz CT molecular complexity index is 763. The van der Waals surface area contributed by atoms with Crippen LogP contribution in [0.2, 0.25) is 0 Å². The molecule has 23 heavy (non-hydrogen) atoms. The molecule has 4 nitrogen and oxygen atoms in total. The van der Waals surface area contributed by atoms with Crippen LogP contribution in [0, 0.1) is 0 Å². The molecule has 0 aromatic heterocycles. The molecule has 2 amide bonds. The minimum Gasteiger partial charge on any atom is -0.326 e. The third kappa shape index (κ3) is 3.31. The van der Waals surface area contributed by atoms with Gasteiger partial charge in [-0.25, -0.2) is 0 Å². The summed E-state index contributed by atoms with van der Waals surface area (Å²) in [6, 6.07) is 15.5. The Morgan fingerprint density at radius 1 is 1.09 bits per heavy atom. The Morgan fingerprint density at radius 3 is 2.52 bits per heavy atom. The predicted molar refractivity (Wildman–Crippen MR) is 92.3 cm³/mol. The van der Waals surface area contributed by atoms with Crippen LogP contribution in [-0.4, -0.2) is 18.4 Å². The van der Waals surface area contributed by atoms with Gasteiger partial charge >= 0.3 is 0 Å². The standard InChI is InChI=1S/C19H18N2O2/c1-14(22)20-18-7-3-2-6-17(18)15-9-11-16(12-10-15)21-13-5-4-8-19(21)23/h2-4,6-12H,5,13H2,1H3,(H,20,22). The van der Waals surface area contributed by atoms with Crippen molar-refractivity contribution in [1.82, 2.24) is 0 Å². The molecular formula is C19H18N2O2. The summed E-state index contributed by atoms with van der Waals surface area (Å²) < 4.78 is 0. The van der Waals surface area contributed by atoms with Crippen molar-refractivity contribution in [3.63, 3.8) is 0 Å². The van der Waals surface area contributed by atoms with Crippen LogP contribution in [-0.2, 0) is 9.59 Å². The number of anilines is 2. The number of para-hydroxylation sites is 1. The molecule has 0 radical (unpaired) electrons. The van der Waals surface area contributed by atoms with Crippen molar-refractivity contribution < 1.29 is 9.59 Å². The van der Waals surface area contributed by atoms with Crippen LogP contribution >= 0.6 is 0 Å². The molecule has 0 saturated carbocycles.